The minimum absolute atomic E-state index is 0.283. The van der Waals surface area contributed by atoms with E-state index in [0.717, 1.165) is 11.5 Å². The van der Waals surface area contributed by atoms with Gasteiger partial charge in [-0.2, -0.15) is 0 Å². The van der Waals surface area contributed by atoms with Gasteiger partial charge in [-0.3, -0.25) is 4.40 Å². The zero-order valence-corrected chi connectivity index (χ0v) is 11.7. The number of aromatic nitrogens is 3. The summed E-state index contributed by atoms with van der Waals surface area (Å²) in [6.45, 7) is 4.97. The number of fused-ring (bicyclic) bond motifs is 1. The van der Waals surface area contributed by atoms with Crippen molar-refractivity contribution in [3.05, 3.63) is 65.6 Å². The van der Waals surface area contributed by atoms with E-state index in [4.69, 9.17) is 0 Å². The molecule has 1 N–H and O–H groups in total. The Kier molecular flexibility index (Phi) is 3.48. The van der Waals surface area contributed by atoms with E-state index in [-0.39, 0.29) is 6.04 Å². The molecule has 3 rings (SSSR count). The Morgan fingerprint density at radius 3 is 2.90 bits per heavy atom. The standard InChI is InChI=1S/C16H18N4/c1-12-6-5-7-14(10-12)13(2)17-11-16-19-18-15-8-3-4-9-20(15)16/h3-10,13,17H,11H2,1-2H3. The van der Waals surface area contributed by atoms with Crippen molar-refractivity contribution in [2.45, 2.75) is 26.4 Å². The van der Waals surface area contributed by atoms with Crippen molar-refractivity contribution in [3.8, 4) is 0 Å². The predicted molar refractivity (Wildman–Crippen MR) is 79.4 cm³/mol. The number of hydrogen-bond acceptors (Lipinski definition) is 3. The van der Waals surface area contributed by atoms with Gasteiger partial charge in [-0.05, 0) is 31.5 Å². The second-order valence-corrected chi connectivity index (χ2v) is 5.06. The molecule has 1 unspecified atom stereocenters. The van der Waals surface area contributed by atoms with E-state index in [1.54, 1.807) is 0 Å². The molecule has 4 nitrogen and oxygen atoms in total. The van der Waals surface area contributed by atoms with Crippen LogP contribution in [0, 0.1) is 6.92 Å². The van der Waals surface area contributed by atoms with Crippen LogP contribution in [0.1, 0.15) is 29.9 Å². The number of nitrogens with zero attached hydrogens (tertiary/aromatic N) is 3. The normalized spacial score (nSPS) is 12.7. The van der Waals surface area contributed by atoms with E-state index in [1.165, 1.54) is 11.1 Å². The molecule has 102 valence electrons. The summed E-state index contributed by atoms with van der Waals surface area (Å²) in [6, 6.07) is 14.8. The first kappa shape index (κ1) is 12.8. The van der Waals surface area contributed by atoms with Gasteiger partial charge in [0.05, 0.1) is 6.54 Å². The number of aryl methyl sites for hydroxylation is 1. The highest BCUT2D eigenvalue weighted by atomic mass is 15.3. The third kappa shape index (κ3) is 2.56. The molecule has 1 atom stereocenters. The van der Waals surface area contributed by atoms with Crippen LogP contribution < -0.4 is 5.32 Å². The highest BCUT2D eigenvalue weighted by molar-refractivity contribution is 5.37. The molecule has 0 fully saturated rings. The summed E-state index contributed by atoms with van der Waals surface area (Å²) >= 11 is 0. The van der Waals surface area contributed by atoms with Crippen LogP contribution in [-0.2, 0) is 6.54 Å². The van der Waals surface area contributed by atoms with Crippen molar-refractivity contribution in [3.63, 3.8) is 0 Å². The van der Waals surface area contributed by atoms with E-state index in [2.05, 4.69) is 53.6 Å². The topological polar surface area (TPSA) is 42.2 Å². The van der Waals surface area contributed by atoms with E-state index >= 15 is 0 Å². The molecule has 0 saturated carbocycles. The number of benzene rings is 1. The van der Waals surface area contributed by atoms with Crippen LogP contribution in [0.5, 0.6) is 0 Å². The van der Waals surface area contributed by atoms with Gasteiger partial charge < -0.3 is 5.32 Å². The largest absolute Gasteiger partial charge is 0.303 e. The maximum Gasteiger partial charge on any atom is 0.160 e. The lowest BCUT2D eigenvalue weighted by Gasteiger charge is -2.14. The van der Waals surface area contributed by atoms with Crippen LogP contribution in [-0.4, -0.2) is 14.6 Å². The minimum Gasteiger partial charge on any atom is -0.303 e. The van der Waals surface area contributed by atoms with Gasteiger partial charge in [-0.1, -0.05) is 35.9 Å². The molecule has 0 amide bonds. The first-order valence-electron chi connectivity index (χ1n) is 6.82. The fourth-order valence-electron chi connectivity index (χ4n) is 2.31. The molecule has 2 aromatic heterocycles. The summed E-state index contributed by atoms with van der Waals surface area (Å²) in [4.78, 5) is 0. The summed E-state index contributed by atoms with van der Waals surface area (Å²) < 4.78 is 2.01. The molecule has 0 aliphatic heterocycles. The molecule has 0 spiro atoms. The van der Waals surface area contributed by atoms with Gasteiger partial charge in [0.1, 0.15) is 0 Å². The van der Waals surface area contributed by atoms with Crippen LogP contribution in [0.4, 0.5) is 0 Å². The lowest BCUT2D eigenvalue weighted by molar-refractivity contribution is 0.556. The highest BCUT2D eigenvalue weighted by Gasteiger charge is 2.08. The fourth-order valence-corrected chi connectivity index (χ4v) is 2.31. The lowest BCUT2D eigenvalue weighted by Crippen LogP contribution is -2.19. The van der Waals surface area contributed by atoms with Gasteiger partial charge >= 0.3 is 0 Å². The zero-order chi connectivity index (χ0) is 13.9. The van der Waals surface area contributed by atoms with E-state index in [9.17, 15) is 0 Å². The number of rotatable bonds is 4. The predicted octanol–water partition coefficient (Wildman–Crippen LogP) is 2.89. The molecule has 1 aromatic carbocycles. The molecule has 0 bridgehead atoms. The Labute approximate surface area is 118 Å². The van der Waals surface area contributed by atoms with Gasteiger partial charge in [0.25, 0.3) is 0 Å². The average Bonchev–Trinajstić information content (AvgIpc) is 2.88. The van der Waals surface area contributed by atoms with Crippen LogP contribution in [0.3, 0.4) is 0 Å². The molecule has 20 heavy (non-hydrogen) atoms. The molecular weight excluding hydrogens is 248 g/mol. The molecular formula is C16H18N4. The summed E-state index contributed by atoms with van der Waals surface area (Å²) in [5.74, 6) is 0.931. The molecule has 4 heteroatoms. The van der Waals surface area contributed by atoms with Gasteiger partial charge in [0.15, 0.2) is 11.5 Å². The van der Waals surface area contributed by atoms with E-state index < -0.39 is 0 Å². The fraction of sp³-hybridized carbons (Fsp3) is 0.250. The third-order valence-corrected chi connectivity index (χ3v) is 3.49. The van der Waals surface area contributed by atoms with Crippen molar-refractivity contribution in [1.29, 1.82) is 0 Å². The average molecular weight is 266 g/mol. The Morgan fingerprint density at radius 1 is 1.15 bits per heavy atom. The second-order valence-electron chi connectivity index (χ2n) is 5.06. The summed E-state index contributed by atoms with van der Waals surface area (Å²) in [5.41, 5.74) is 3.45. The van der Waals surface area contributed by atoms with Crippen molar-refractivity contribution in [2.24, 2.45) is 0 Å². The lowest BCUT2D eigenvalue weighted by atomic mass is 10.1. The van der Waals surface area contributed by atoms with Crippen LogP contribution in [0.25, 0.3) is 5.65 Å². The number of hydrogen-bond donors (Lipinski definition) is 1. The molecule has 3 aromatic rings. The minimum atomic E-state index is 0.283. The van der Waals surface area contributed by atoms with E-state index in [0.29, 0.717) is 6.54 Å². The van der Waals surface area contributed by atoms with Gasteiger partial charge in [-0.25, -0.2) is 0 Å². The van der Waals surface area contributed by atoms with Crippen LogP contribution >= 0.6 is 0 Å². The maximum atomic E-state index is 4.23. The smallest absolute Gasteiger partial charge is 0.160 e. The van der Waals surface area contributed by atoms with Gasteiger partial charge in [0, 0.05) is 12.2 Å². The second kappa shape index (κ2) is 5.43. The van der Waals surface area contributed by atoms with Gasteiger partial charge in [-0.15, -0.1) is 10.2 Å². The van der Waals surface area contributed by atoms with Crippen LogP contribution in [0.2, 0.25) is 0 Å². The first-order valence-corrected chi connectivity index (χ1v) is 6.82. The molecule has 2 heterocycles. The van der Waals surface area contributed by atoms with Crippen molar-refractivity contribution in [2.75, 3.05) is 0 Å². The Morgan fingerprint density at radius 2 is 2.05 bits per heavy atom. The zero-order valence-electron chi connectivity index (χ0n) is 11.7. The van der Waals surface area contributed by atoms with Crippen molar-refractivity contribution >= 4 is 5.65 Å². The van der Waals surface area contributed by atoms with Crippen LogP contribution in [0.15, 0.2) is 48.7 Å². The number of nitrogens with one attached hydrogen (secondary N) is 1. The molecule has 0 saturated heterocycles. The maximum absolute atomic E-state index is 4.23. The van der Waals surface area contributed by atoms with Crippen molar-refractivity contribution in [1.82, 2.24) is 19.9 Å². The SMILES string of the molecule is Cc1cccc(C(C)NCc2nnc3ccccn23)c1. The van der Waals surface area contributed by atoms with Crippen molar-refractivity contribution < 1.29 is 0 Å². The van der Waals surface area contributed by atoms with Gasteiger partial charge in [0.2, 0.25) is 0 Å². The quantitative estimate of drug-likeness (QED) is 0.789. The Hall–Kier alpha value is -2.20. The van der Waals surface area contributed by atoms with E-state index in [1.807, 2.05) is 28.8 Å². The Bertz CT molecular complexity index is 717. The summed E-state index contributed by atoms with van der Waals surface area (Å²) in [5, 5.41) is 11.9. The highest BCUT2D eigenvalue weighted by Crippen LogP contribution is 2.14. The molecule has 0 radical (unpaired) electrons. The summed E-state index contributed by atoms with van der Waals surface area (Å²) in [7, 11) is 0. The summed E-state index contributed by atoms with van der Waals surface area (Å²) in [6.07, 6.45) is 1.99. The third-order valence-electron chi connectivity index (χ3n) is 3.49. The first-order chi connectivity index (χ1) is 9.74. The molecule has 0 aliphatic rings. The Balaban J connectivity index is 1.73. The number of pyridine rings is 1. The monoisotopic (exact) mass is 266 g/mol. The molecule has 0 aliphatic carbocycles.